The number of benzene rings is 1. The highest BCUT2D eigenvalue weighted by Gasteiger charge is 2.09. The number of hydrazine groups is 1. The Morgan fingerprint density at radius 1 is 1.11 bits per heavy atom. The van der Waals surface area contributed by atoms with Crippen molar-refractivity contribution < 1.29 is 0 Å². The number of nitrogens with zero attached hydrogens (tertiary/aromatic N) is 1. The van der Waals surface area contributed by atoms with Crippen LogP contribution in [0.15, 0.2) is 30.3 Å². The van der Waals surface area contributed by atoms with Gasteiger partial charge in [-0.05, 0) is 24.6 Å². The van der Waals surface area contributed by atoms with Gasteiger partial charge in [-0.3, -0.25) is 0 Å². The smallest absolute Gasteiger partial charge is 0.161 e. The number of nitrogens with one attached hydrogen (secondary N) is 2. The van der Waals surface area contributed by atoms with E-state index in [1.165, 1.54) is 0 Å². The zero-order valence-electron chi connectivity index (χ0n) is 9.67. The standard InChI is InChI=1S/C12H12Cl2N4/c1-7-4-2-3-5-10(7)16-11-8(13)6-9(14)12(17-11)18-15/h2-6H,15H2,1H3,(H2,16,17,18). The second-order valence-corrected chi connectivity index (χ2v) is 4.55. The highest BCUT2D eigenvalue weighted by Crippen LogP contribution is 2.31. The highest BCUT2D eigenvalue weighted by molar-refractivity contribution is 6.37. The number of aromatic nitrogens is 1. The van der Waals surface area contributed by atoms with Crippen LogP contribution in [0, 0.1) is 6.92 Å². The summed E-state index contributed by atoms with van der Waals surface area (Å²) in [7, 11) is 0. The summed E-state index contributed by atoms with van der Waals surface area (Å²) in [4.78, 5) is 4.22. The van der Waals surface area contributed by atoms with Gasteiger partial charge in [0.1, 0.15) is 0 Å². The van der Waals surface area contributed by atoms with E-state index in [1.54, 1.807) is 6.07 Å². The van der Waals surface area contributed by atoms with Crippen LogP contribution >= 0.6 is 23.2 Å². The fraction of sp³-hybridized carbons (Fsp3) is 0.0833. The normalized spacial score (nSPS) is 10.2. The largest absolute Gasteiger partial charge is 0.339 e. The highest BCUT2D eigenvalue weighted by atomic mass is 35.5. The molecule has 0 spiro atoms. The molecule has 0 amide bonds. The first-order valence-electron chi connectivity index (χ1n) is 5.27. The number of pyridine rings is 1. The van der Waals surface area contributed by atoms with Gasteiger partial charge >= 0.3 is 0 Å². The van der Waals surface area contributed by atoms with Crippen molar-refractivity contribution in [3.05, 3.63) is 45.9 Å². The van der Waals surface area contributed by atoms with Gasteiger partial charge in [0.25, 0.3) is 0 Å². The summed E-state index contributed by atoms with van der Waals surface area (Å²) < 4.78 is 0. The van der Waals surface area contributed by atoms with Gasteiger partial charge < -0.3 is 10.7 Å². The third-order valence-corrected chi connectivity index (χ3v) is 3.04. The van der Waals surface area contributed by atoms with E-state index in [0.717, 1.165) is 11.3 Å². The Kier molecular flexibility index (Phi) is 3.91. The molecule has 1 aromatic carbocycles. The fourth-order valence-electron chi connectivity index (χ4n) is 1.50. The van der Waals surface area contributed by atoms with E-state index < -0.39 is 0 Å². The second kappa shape index (κ2) is 5.44. The van der Waals surface area contributed by atoms with Crippen molar-refractivity contribution in [2.24, 2.45) is 5.84 Å². The molecule has 0 aliphatic carbocycles. The van der Waals surface area contributed by atoms with Crippen LogP contribution in [0.5, 0.6) is 0 Å². The molecule has 0 unspecified atom stereocenters. The molecule has 0 aliphatic heterocycles. The molecule has 2 rings (SSSR count). The van der Waals surface area contributed by atoms with E-state index >= 15 is 0 Å². The third-order valence-electron chi connectivity index (χ3n) is 2.46. The van der Waals surface area contributed by atoms with Crippen molar-refractivity contribution in [2.45, 2.75) is 6.92 Å². The topological polar surface area (TPSA) is 63.0 Å². The molecule has 94 valence electrons. The van der Waals surface area contributed by atoms with Crippen molar-refractivity contribution in [3.63, 3.8) is 0 Å². The summed E-state index contributed by atoms with van der Waals surface area (Å²) in [6, 6.07) is 9.42. The number of anilines is 3. The maximum Gasteiger partial charge on any atom is 0.161 e. The van der Waals surface area contributed by atoms with Crippen molar-refractivity contribution in [1.82, 2.24) is 4.98 Å². The minimum Gasteiger partial charge on any atom is -0.339 e. The Hall–Kier alpha value is -1.49. The molecule has 0 fully saturated rings. The van der Waals surface area contributed by atoms with Crippen molar-refractivity contribution in [1.29, 1.82) is 0 Å². The van der Waals surface area contributed by atoms with E-state index in [2.05, 4.69) is 15.7 Å². The van der Waals surface area contributed by atoms with Gasteiger partial charge in [-0.2, -0.15) is 0 Å². The van der Waals surface area contributed by atoms with Crippen LogP contribution in [0.1, 0.15) is 5.56 Å². The molecule has 0 bridgehead atoms. The first-order chi connectivity index (χ1) is 8.61. The first kappa shape index (κ1) is 13.0. The van der Waals surface area contributed by atoms with Gasteiger partial charge in [-0.25, -0.2) is 10.8 Å². The lowest BCUT2D eigenvalue weighted by atomic mass is 10.2. The van der Waals surface area contributed by atoms with Crippen LogP contribution in [0.2, 0.25) is 10.0 Å². The Labute approximate surface area is 115 Å². The first-order valence-corrected chi connectivity index (χ1v) is 6.02. The summed E-state index contributed by atoms with van der Waals surface area (Å²) in [6.45, 7) is 1.99. The lowest BCUT2D eigenvalue weighted by Gasteiger charge is -2.12. The summed E-state index contributed by atoms with van der Waals surface area (Å²) in [5.74, 6) is 6.20. The lowest BCUT2D eigenvalue weighted by Crippen LogP contribution is -2.10. The zero-order valence-corrected chi connectivity index (χ0v) is 11.2. The maximum absolute atomic E-state index is 6.08. The minimum atomic E-state index is 0.372. The molecule has 4 nitrogen and oxygen atoms in total. The van der Waals surface area contributed by atoms with Crippen molar-refractivity contribution >= 4 is 40.5 Å². The zero-order chi connectivity index (χ0) is 13.1. The van der Waals surface area contributed by atoms with E-state index in [0.29, 0.717) is 21.7 Å². The third kappa shape index (κ3) is 2.67. The second-order valence-electron chi connectivity index (χ2n) is 3.73. The molecule has 0 aliphatic rings. The number of aryl methyl sites for hydroxylation is 1. The number of halogens is 2. The van der Waals surface area contributed by atoms with Gasteiger partial charge in [-0.15, -0.1) is 0 Å². The van der Waals surface area contributed by atoms with Crippen molar-refractivity contribution in [3.8, 4) is 0 Å². The summed E-state index contributed by atoms with van der Waals surface area (Å²) in [5.41, 5.74) is 4.44. The Balaban J connectivity index is 2.38. The quantitative estimate of drug-likeness (QED) is 0.593. The molecule has 6 heteroatoms. The Morgan fingerprint density at radius 2 is 1.78 bits per heavy atom. The Bertz CT molecular complexity index is 572. The minimum absolute atomic E-state index is 0.372. The van der Waals surface area contributed by atoms with Gasteiger partial charge in [0.05, 0.1) is 10.0 Å². The molecule has 0 saturated carbocycles. The van der Waals surface area contributed by atoms with Gasteiger partial charge in [0.2, 0.25) is 0 Å². The van der Waals surface area contributed by atoms with Crippen LogP contribution in [0.4, 0.5) is 17.3 Å². The summed E-state index contributed by atoms with van der Waals surface area (Å²) >= 11 is 12.0. The van der Waals surface area contributed by atoms with Gasteiger partial charge in [-0.1, -0.05) is 41.4 Å². The monoisotopic (exact) mass is 282 g/mol. The number of nitrogens with two attached hydrogens (primary N) is 1. The Morgan fingerprint density at radius 3 is 2.44 bits per heavy atom. The average Bonchev–Trinajstić information content (AvgIpc) is 2.35. The number of hydrogen-bond acceptors (Lipinski definition) is 4. The van der Waals surface area contributed by atoms with Crippen LogP contribution < -0.4 is 16.6 Å². The van der Waals surface area contributed by atoms with E-state index in [1.807, 2.05) is 31.2 Å². The molecule has 0 radical (unpaired) electrons. The van der Waals surface area contributed by atoms with E-state index in [4.69, 9.17) is 29.0 Å². The summed E-state index contributed by atoms with van der Waals surface area (Å²) in [6.07, 6.45) is 0. The fourth-order valence-corrected chi connectivity index (χ4v) is 1.96. The summed E-state index contributed by atoms with van der Waals surface area (Å²) in [5, 5.41) is 3.95. The predicted molar refractivity (Wildman–Crippen MR) is 76.5 cm³/mol. The van der Waals surface area contributed by atoms with Crippen LogP contribution in [-0.4, -0.2) is 4.98 Å². The van der Waals surface area contributed by atoms with Crippen LogP contribution in [-0.2, 0) is 0 Å². The number of hydrogen-bond donors (Lipinski definition) is 3. The van der Waals surface area contributed by atoms with Crippen LogP contribution in [0.3, 0.4) is 0 Å². The molecule has 1 aromatic heterocycles. The predicted octanol–water partition coefficient (Wildman–Crippen LogP) is 3.73. The molecule has 18 heavy (non-hydrogen) atoms. The molecule has 0 atom stereocenters. The molecule has 1 heterocycles. The van der Waals surface area contributed by atoms with Gasteiger partial charge in [0, 0.05) is 5.69 Å². The number of nitrogen functional groups attached to an aromatic ring is 1. The van der Waals surface area contributed by atoms with Crippen LogP contribution in [0.25, 0.3) is 0 Å². The SMILES string of the molecule is Cc1ccccc1Nc1nc(NN)c(Cl)cc1Cl. The lowest BCUT2D eigenvalue weighted by molar-refractivity contribution is 1.22. The molecular weight excluding hydrogens is 271 g/mol. The number of rotatable bonds is 3. The molecular formula is C12H12Cl2N4. The molecule has 2 aromatic rings. The number of para-hydroxylation sites is 1. The van der Waals surface area contributed by atoms with Gasteiger partial charge in [0.15, 0.2) is 11.6 Å². The molecule has 0 saturated heterocycles. The van der Waals surface area contributed by atoms with Crippen molar-refractivity contribution in [2.75, 3.05) is 10.7 Å². The van der Waals surface area contributed by atoms with E-state index in [9.17, 15) is 0 Å². The average molecular weight is 283 g/mol. The van der Waals surface area contributed by atoms with E-state index in [-0.39, 0.29) is 0 Å². The molecule has 4 N–H and O–H groups in total. The maximum atomic E-state index is 6.08.